The maximum Gasteiger partial charge on any atom is 0.305 e. The number of ketones is 4. The average molecular weight is 498 g/mol. The first-order valence-electron chi connectivity index (χ1n) is 11.6. The number of carbonyl (C=O) groups is 6. The number of benzene rings is 1. The van der Waals surface area contributed by atoms with Crippen LogP contribution < -0.4 is 5.73 Å². The highest BCUT2D eigenvalue weighted by molar-refractivity contribution is 6.31. The van der Waals surface area contributed by atoms with Gasteiger partial charge < -0.3 is 20.7 Å². The lowest BCUT2D eigenvalue weighted by Gasteiger charge is -2.53. The second-order valence-electron chi connectivity index (χ2n) is 9.41. The zero-order valence-electron chi connectivity index (χ0n) is 19.9. The molecule has 2 fully saturated rings. The molecular formula is C25H26N2O9. The van der Waals surface area contributed by atoms with Crippen LogP contribution in [0.3, 0.4) is 0 Å². The number of rotatable bonds is 4. The van der Waals surface area contributed by atoms with Crippen molar-refractivity contribution in [1.82, 2.24) is 0 Å². The summed E-state index contributed by atoms with van der Waals surface area (Å²) in [5.41, 5.74) is 2.52. The molecule has 1 aromatic carbocycles. The molecule has 190 valence electrons. The molecule has 2 unspecified atom stereocenters. The lowest BCUT2D eigenvalue weighted by molar-refractivity contribution is -0.198. The van der Waals surface area contributed by atoms with Crippen LogP contribution in [0.15, 0.2) is 17.1 Å². The van der Waals surface area contributed by atoms with Crippen molar-refractivity contribution in [3.63, 3.8) is 0 Å². The topological polar surface area (TPSA) is 190 Å². The zero-order valence-corrected chi connectivity index (χ0v) is 19.9. The molecule has 0 saturated heterocycles. The number of aliphatic imine (C=N–C) groups is 1. The van der Waals surface area contributed by atoms with E-state index in [2.05, 4.69) is 4.99 Å². The van der Waals surface area contributed by atoms with Gasteiger partial charge in [-0.3, -0.25) is 33.8 Å². The number of aliphatic hydroxyl groups is 1. The molecule has 0 bridgehead atoms. The van der Waals surface area contributed by atoms with Gasteiger partial charge in [-0.05, 0) is 24.5 Å². The summed E-state index contributed by atoms with van der Waals surface area (Å²) in [6, 6.07) is 3.07. The van der Waals surface area contributed by atoms with Crippen LogP contribution >= 0.6 is 0 Å². The van der Waals surface area contributed by atoms with Crippen LogP contribution in [0, 0.1) is 23.7 Å². The smallest absolute Gasteiger partial charge is 0.305 e. The number of carbonyl (C=O) groups excluding carboxylic acids is 6. The van der Waals surface area contributed by atoms with E-state index >= 15 is 0 Å². The Bertz CT molecular complexity index is 1250. The van der Waals surface area contributed by atoms with Gasteiger partial charge in [-0.25, -0.2) is 0 Å². The van der Waals surface area contributed by atoms with Crippen molar-refractivity contribution in [3.05, 3.63) is 23.3 Å². The predicted octanol–water partition coefficient (Wildman–Crippen LogP) is 0.542. The zero-order chi connectivity index (χ0) is 26.7. The molecular weight excluding hydrogens is 472 g/mol. The fourth-order valence-electron chi connectivity index (χ4n) is 5.95. The van der Waals surface area contributed by atoms with Crippen LogP contribution in [0.5, 0.6) is 5.75 Å². The van der Waals surface area contributed by atoms with E-state index in [0.29, 0.717) is 5.56 Å². The highest BCUT2D eigenvalue weighted by Crippen LogP contribution is 2.55. The van der Waals surface area contributed by atoms with Crippen molar-refractivity contribution >= 4 is 46.9 Å². The van der Waals surface area contributed by atoms with Crippen LogP contribution in [-0.4, -0.2) is 63.1 Å². The molecule has 2 saturated carbocycles. The van der Waals surface area contributed by atoms with E-state index in [0.717, 1.165) is 0 Å². The number of hydrogen-bond donors (Lipinski definition) is 3. The molecule has 7 atom stereocenters. The molecule has 0 spiro atoms. The Morgan fingerprint density at radius 3 is 2.47 bits per heavy atom. The predicted molar refractivity (Wildman–Crippen MR) is 123 cm³/mol. The monoisotopic (exact) mass is 498 g/mol. The van der Waals surface area contributed by atoms with Gasteiger partial charge >= 0.3 is 5.97 Å². The minimum atomic E-state index is -2.96. The molecule has 0 heterocycles. The number of esters is 1. The molecule has 1 aromatic rings. The van der Waals surface area contributed by atoms with E-state index in [1.807, 2.05) is 0 Å². The van der Waals surface area contributed by atoms with Gasteiger partial charge in [-0.2, -0.15) is 0 Å². The number of nitrogens with zero attached hydrogens (tertiary/aromatic N) is 1. The van der Waals surface area contributed by atoms with Crippen LogP contribution in [0.1, 0.15) is 55.5 Å². The van der Waals surface area contributed by atoms with Gasteiger partial charge in [0.15, 0.2) is 40.4 Å². The number of amides is 1. The Labute approximate surface area is 205 Å². The summed E-state index contributed by atoms with van der Waals surface area (Å²) in [6.45, 7) is 4.78. The van der Waals surface area contributed by atoms with E-state index in [1.54, 1.807) is 19.9 Å². The Hall–Kier alpha value is -3.73. The molecule has 4 rings (SSSR count). The van der Waals surface area contributed by atoms with Gasteiger partial charge in [0.25, 0.3) is 0 Å². The second kappa shape index (κ2) is 8.74. The lowest BCUT2D eigenvalue weighted by Crippen LogP contribution is -2.73. The number of phenolic OH excluding ortho intramolecular Hbond substituents is 1. The van der Waals surface area contributed by atoms with Crippen LogP contribution in [0.4, 0.5) is 5.69 Å². The maximum atomic E-state index is 13.8. The Morgan fingerprint density at radius 2 is 1.89 bits per heavy atom. The summed E-state index contributed by atoms with van der Waals surface area (Å²) >= 11 is 0. The lowest BCUT2D eigenvalue weighted by atomic mass is 9.50. The molecule has 11 nitrogen and oxygen atoms in total. The highest BCUT2D eigenvalue weighted by atomic mass is 16.5. The van der Waals surface area contributed by atoms with Crippen molar-refractivity contribution in [2.75, 3.05) is 0 Å². The molecule has 36 heavy (non-hydrogen) atoms. The Balaban J connectivity index is 1.96. The SMILES string of the molecule is CC=Nc1ccc2c(c1O)C(=O)C1C(=O)[C@]3(O)C(=O)C(C(N)=O)C(=O)C[C@@H]3[C@@H](OC(=O)CC)[C@@H]1[C@H]2C. The minimum absolute atomic E-state index is 0.0807. The maximum absolute atomic E-state index is 13.8. The van der Waals surface area contributed by atoms with Crippen LogP contribution in [0.2, 0.25) is 0 Å². The molecule has 4 N–H and O–H groups in total. The van der Waals surface area contributed by atoms with Gasteiger partial charge in [-0.1, -0.05) is 19.9 Å². The number of nitrogens with two attached hydrogens (primary N) is 1. The van der Waals surface area contributed by atoms with Crippen molar-refractivity contribution in [2.45, 2.75) is 51.2 Å². The van der Waals surface area contributed by atoms with E-state index in [-0.39, 0.29) is 17.7 Å². The molecule has 3 aliphatic rings. The molecule has 0 aliphatic heterocycles. The first kappa shape index (κ1) is 25.4. The summed E-state index contributed by atoms with van der Waals surface area (Å²) in [6.07, 6.45) is -0.691. The van der Waals surface area contributed by atoms with E-state index in [4.69, 9.17) is 10.5 Å². The number of aromatic hydroxyl groups is 1. The molecule has 0 radical (unpaired) electrons. The third-order valence-corrected chi connectivity index (χ3v) is 7.63. The number of fused-ring (bicyclic) bond motifs is 3. The fourth-order valence-corrected chi connectivity index (χ4v) is 5.95. The van der Waals surface area contributed by atoms with Crippen LogP contribution in [0.25, 0.3) is 0 Å². The van der Waals surface area contributed by atoms with Gasteiger partial charge in [0.2, 0.25) is 5.91 Å². The average Bonchev–Trinajstić information content (AvgIpc) is 2.82. The number of hydrogen-bond acceptors (Lipinski definition) is 10. The van der Waals surface area contributed by atoms with E-state index < -0.39 is 88.5 Å². The number of phenols is 1. The van der Waals surface area contributed by atoms with Gasteiger partial charge in [0.1, 0.15) is 11.8 Å². The summed E-state index contributed by atoms with van der Waals surface area (Å²) < 4.78 is 5.60. The molecule has 3 aliphatic carbocycles. The molecule has 1 amide bonds. The fraction of sp³-hybridized carbons (Fsp3) is 0.480. The third kappa shape index (κ3) is 3.33. The Morgan fingerprint density at radius 1 is 1.22 bits per heavy atom. The number of Topliss-reactive ketones (excluding diaryl/α,β-unsaturated/α-hetero) is 4. The summed E-state index contributed by atoms with van der Waals surface area (Å²) in [4.78, 5) is 81.7. The number of ether oxygens (including phenoxy) is 1. The minimum Gasteiger partial charge on any atom is -0.505 e. The van der Waals surface area contributed by atoms with Crippen molar-refractivity contribution in [3.8, 4) is 5.75 Å². The van der Waals surface area contributed by atoms with Crippen molar-refractivity contribution in [2.24, 2.45) is 34.4 Å². The van der Waals surface area contributed by atoms with Gasteiger partial charge in [-0.15, -0.1) is 0 Å². The quantitative estimate of drug-likeness (QED) is 0.302. The summed E-state index contributed by atoms with van der Waals surface area (Å²) in [5.74, 6) is -13.9. The van der Waals surface area contributed by atoms with Crippen molar-refractivity contribution in [1.29, 1.82) is 0 Å². The molecule has 0 aromatic heterocycles. The highest BCUT2D eigenvalue weighted by Gasteiger charge is 2.71. The largest absolute Gasteiger partial charge is 0.505 e. The van der Waals surface area contributed by atoms with E-state index in [9.17, 15) is 39.0 Å². The standard InChI is InChI=1S/C25H26N2O9/c1-4-14(29)36-21-11-8-13(28)17(24(26)34)22(32)25(11,35)23(33)18-15(21)9(3)10-6-7-12(27-5-2)19(30)16(10)20(18)31/h5-7,9,11,15,17-18,21,30,35H,4,8H2,1-3H3,(H2,26,34)/t9-,11+,15+,17?,18?,21+,25+/m0/s1. The normalized spacial score (nSPS) is 33.7. The first-order valence-corrected chi connectivity index (χ1v) is 11.6. The summed E-state index contributed by atoms with van der Waals surface area (Å²) in [7, 11) is 0. The first-order chi connectivity index (χ1) is 16.9. The van der Waals surface area contributed by atoms with Crippen molar-refractivity contribution < 1.29 is 43.7 Å². The van der Waals surface area contributed by atoms with E-state index in [1.165, 1.54) is 19.2 Å². The Kier molecular flexibility index (Phi) is 6.16. The van der Waals surface area contributed by atoms with Crippen LogP contribution in [-0.2, 0) is 28.7 Å². The third-order valence-electron chi connectivity index (χ3n) is 7.63. The molecule has 11 heteroatoms. The summed E-state index contributed by atoms with van der Waals surface area (Å²) in [5, 5.41) is 22.3. The van der Waals surface area contributed by atoms with Gasteiger partial charge in [0, 0.05) is 30.9 Å². The second-order valence-corrected chi connectivity index (χ2v) is 9.41. The van der Waals surface area contributed by atoms with Gasteiger partial charge in [0.05, 0.1) is 11.5 Å². The number of primary amides is 1.